The van der Waals surface area contributed by atoms with E-state index in [1.54, 1.807) is 0 Å². The van der Waals surface area contributed by atoms with E-state index in [1.807, 2.05) is 35.6 Å². The van der Waals surface area contributed by atoms with Crippen LogP contribution < -0.4 is 0 Å². The Morgan fingerprint density at radius 2 is 1.02 bits per heavy atom. The lowest BCUT2D eigenvalue weighted by molar-refractivity contribution is 1.25. The summed E-state index contributed by atoms with van der Waals surface area (Å²) in [5.74, 6) is 0. The molecule has 0 radical (unpaired) electrons. The van der Waals surface area contributed by atoms with Crippen LogP contribution in [0.2, 0.25) is 0 Å². The maximum Gasteiger partial charge on any atom is 0.156 e. The summed E-state index contributed by atoms with van der Waals surface area (Å²) < 4.78 is 4.86. The predicted molar refractivity (Wildman–Crippen MR) is 237 cm³/mol. The Labute approximate surface area is 325 Å². The molecule has 0 fully saturated rings. The average molecular weight is 728 g/mol. The predicted octanol–water partition coefficient (Wildman–Crippen LogP) is 14.3. The SMILES string of the molecule is N#Cc1ccc(-c2ccc(-c3ccc(-c4cc5c6cc7ccccc7cc6sc5c5nc6cc7cc8ccccc8cc7cc6n45)cc3)c3ccccc23)cc1. The largest absolute Gasteiger partial charge is 0.291 e. The molecule has 56 heavy (non-hydrogen) atoms. The highest BCUT2D eigenvalue weighted by Crippen LogP contribution is 2.43. The monoisotopic (exact) mass is 727 g/mol. The lowest BCUT2D eigenvalue weighted by atomic mass is 9.91. The van der Waals surface area contributed by atoms with Crippen LogP contribution >= 0.6 is 11.3 Å². The van der Waals surface area contributed by atoms with Gasteiger partial charge in [0, 0.05) is 15.5 Å². The van der Waals surface area contributed by atoms with Crippen LogP contribution in [0.3, 0.4) is 0 Å². The molecule has 12 aromatic rings. The summed E-state index contributed by atoms with van der Waals surface area (Å²) >= 11 is 1.84. The van der Waals surface area contributed by atoms with Crippen LogP contribution in [-0.4, -0.2) is 9.38 Å². The highest BCUT2D eigenvalue weighted by atomic mass is 32.1. The van der Waals surface area contributed by atoms with Crippen LogP contribution in [0.25, 0.3) is 113 Å². The van der Waals surface area contributed by atoms with Crippen LogP contribution in [0, 0.1) is 11.3 Å². The molecule has 0 spiro atoms. The van der Waals surface area contributed by atoms with Crippen molar-refractivity contribution in [1.29, 1.82) is 5.26 Å². The molecule has 0 unspecified atom stereocenters. The van der Waals surface area contributed by atoms with Crippen LogP contribution in [0.4, 0.5) is 0 Å². The number of fused-ring (bicyclic) bond motifs is 11. The molecule has 0 aliphatic heterocycles. The number of nitrogens with zero attached hydrogens (tertiary/aromatic N) is 3. The first-order valence-electron chi connectivity index (χ1n) is 18.8. The Kier molecular flexibility index (Phi) is 6.57. The van der Waals surface area contributed by atoms with Gasteiger partial charge >= 0.3 is 0 Å². The number of hydrogen-bond acceptors (Lipinski definition) is 3. The lowest BCUT2D eigenvalue weighted by Gasteiger charge is -2.13. The molecule has 0 atom stereocenters. The van der Waals surface area contributed by atoms with E-state index in [-0.39, 0.29) is 0 Å². The van der Waals surface area contributed by atoms with E-state index >= 15 is 0 Å². The summed E-state index contributed by atoms with van der Waals surface area (Å²) in [6.45, 7) is 0. The molecule has 3 nitrogen and oxygen atoms in total. The fraction of sp³-hybridized carbons (Fsp3) is 0. The molecule has 3 aromatic heterocycles. The van der Waals surface area contributed by atoms with Gasteiger partial charge in [0.1, 0.15) is 0 Å². The van der Waals surface area contributed by atoms with Crippen LogP contribution in [0.1, 0.15) is 5.56 Å². The number of benzene rings is 9. The van der Waals surface area contributed by atoms with Gasteiger partial charge < -0.3 is 0 Å². The van der Waals surface area contributed by atoms with E-state index in [4.69, 9.17) is 4.98 Å². The first-order valence-corrected chi connectivity index (χ1v) is 19.6. The van der Waals surface area contributed by atoms with Gasteiger partial charge in [-0.05, 0) is 126 Å². The van der Waals surface area contributed by atoms with Gasteiger partial charge in [0.2, 0.25) is 0 Å². The fourth-order valence-electron chi connectivity index (χ4n) is 8.78. The molecule has 0 N–H and O–H groups in total. The molecule has 0 aliphatic rings. The van der Waals surface area contributed by atoms with Crippen molar-refractivity contribution in [3.63, 3.8) is 0 Å². The highest BCUT2D eigenvalue weighted by Gasteiger charge is 2.19. The number of hydrogen-bond donors (Lipinski definition) is 0. The Balaban J connectivity index is 1.08. The topological polar surface area (TPSA) is 41.1 Å². The van der Waals surface area contributed by atoms with Gasteiger partial charge in [-0.25, -0.2) is 4.98 Å². The van der Waals surface area contributed by atoms with Crippen LogP contribution in [0.5, 0.6) is 0 Å². The summed E-state index contributed by atoms with van der Waals surface area (Å²) in [4.78, 5) is 5.42. The van der Waals surface area contributed by atoms with Gasteiger partial charge in [-0.2, -0.15) is 5.26 Å². The summed E-state index contributed by atoms with van der Waals surface area (Å²) in [6, 6.07) is 65.7. The maximum atomic E-state index is 9.34. The molecule has 9 aromatic carbocycles. The summed E-state index contributed by atoms with van der Waals surface area (Å²) in [6.07, 6.45) is 0. The summed E-state index contributed by atoms with van der Waals surface area (Å²) in [5, 5.41) is 21.6. The maximum absolute atomic E-state index is 9.34. The lowest BCUT2D eigenvalue weighted by Crippen LogP contribution is -1.93. The molecule has 0 aliphatic carbocycles. The number of nitriles is 1. The van der Waals surface area contributed by atoms with Gasteiger partial charge in [0.15, 0.2) is 5.65 Å². The molecule has 0 saturated carbocycles. The normalized spacial score (nSPS) is 11.9. The first kappa shape index (κ1) is 31.1. The molecular weight excluding hydrogens is 699 g/mol. The molecular formula is C52H29N3S. The van der Waals surface area contributed by atoms with Gasteiger partial charge in [-0.3, -0.25) is 4.40 Å². The van der Waals surface area contributed by atoms with Crippen molar-refractivity contribution in [3.8, 4) is 39.6 Å². The van der Waals surface area contributed by atoms with E-state index in [1.165, 1.54) is 68.8 Å². The molecule has 0 saturated heterocycles. The van der Waals surface area contributed by atoms with Crippen molar-refractivity contribution >= 4 is 91.3 Å². The second kappa shape index (κ2) is 11.8. The number of thiophene rings is 1. The Morgan fingerprint density at radius 1 is 0.464 bits per heavy atom. The first-order chi connectivity index (χ1) is 27.7. The second-order valence-corrected chi connectivity index (χ2v) is 15.8. The zero-order valence-corrected chi connectivity index (χ0v) is 30.8. The third kappa shape index (κ3) is 4.65. The van der Waals surface area contributed by atoms with Crippen molar-refractivity contribution in [2.75, 3.05) is 0 Å². The van der Waals surface area contributed by atoms with Crippen molar-refractivity contribution in [1.82, 2.24) is 9.38 Å². The number of imidazole rings is 1. The average Bonchev–Trinajstić information content (AvgIpc) is 3.81. The molecule has 12 rings (SSSR count). The fourth-order valence-corrected chi connectivity index (χ4v) is 9.97. The van der Waals surface area contributed by atoms with Gasteiger partial charge in [-0.1, -0.05) is 121 Å². The van der Waals surface area contributed by atoms with Crippen LogP contribution in [0.15, 0.2) is 176 Å². The standard InChI is InChI=1S/C52H29N3S/c53-30-31-13-15-32(16-14-31)41-21-22-42(44-12-6-5-11-43(41)44)33-17-19-34(20-18-33)48-29-46-45-25-37-9-3-4-10-38(37)28-50(45)56-51(46)52-54-47-26-39-23-35-7-1-2-8-36(35)24-40(39)27-49(47)55(48)52/h1-29H. The van der Waals surface area contributed by atoms with E-state index in [0.717, 1.165) is 44.6 Å². The molecule has 3 heterocycles. The molecule has 4 heteroatoms. The summed E-state index contributed by atoms with van der Waals surface area (Å²) in [7, 11) is 0. The quantitative estimate of drug-likeness (QED) is 0.170. The van der Waals surface area contributed by atoms with E-state index in [0.29, 0.717) is 5.56 Å². The zero-order valence-electron chi connectivity index (χ0n) is 30.0. The molecule has 0 amide bonds. The van der Waals surface area contributed by atoms with Crippen molar-refractivity contribution in [2.24, 2.45) is 0 Å². The van der Waals surface area contributed by atoms with Crippen LogP contribution in [-0.2, 0) is 0 Å². The van der Waals surface area contributed by atoms with E-state index < -0.39 is 0 Å². The number of rotatable bonds is 3. The minimum atomic E-state index is 0.664. The smallest absolute Gasteiger partial charge is 0.156 e. The minimum Gasteiger partial charge on any atom is -0.291 e. The van der Waals surface area contributed by atoms with E-state index in [9.17, 15) is 5.26 Å². The second-order valence-electron chi connectivity index (χ2n) is 14.7. The molecule has 0 bridgehead atoms. The minimum absolute atomic E-state index is 0.664. The third-order valence-electron chi connectivity index (χ3n) is 11.5. The Bertz CT molecular complexity index is 3620. The van der Waals surface area contributed by atoms with Gasteiger partial charge in [0.05, 0.1) is 33.1 Å². The Morgan fingerprint density at radius 3 is 1.66 bits per heavy atom. The van der Waals surface area contributed by atoms with Gasteiger partial charge in [0.25, 0.3) is 0 Å². The summed E-state index contributed by atoms with van der Waals surface area (Å²) in [5.41, 5.74) is 10.6. The zero-order chi connectivity index (χ0) is 36.9. The molecule has 258 valence electrons. The van der Waals surface area contributed by atoms with E-state index in [2.05, 4.69) is 162 Å². The highest BCUT2D eigenvalue weighted by molar-refractivity contribution is 7.26. The van der Waals surface area contributed by atoms with Crippen molar-refractivity contribution in [3.05, 3.63) is 181 Å². The number of aromatic nitrogens is 2. The third-order valence-corrected chi connectivity index (χ3v) is 12.7. The Hall–Kier alpha value is -7.32. The van der Waals surface area contributed by atoms with Crippen molar-refractivity contribution in [2.45, 2.75) is 0 Å². The number of pyridine rings is 1. The van der Waals surface area contributed by atoms with Crippen molar-refractivity contribution < 1.29 is 0 Å². The van der Waals surface area contributed by atoms with Gasteiger partial charge in [-0.15, -0.1) is 11.3 Å².